The quantitative estimate of drug-likeness (QED) is 0.386. The number of carbonyl (C=O) groups is 2. The number of ether oxygens (including phenoxy) is 1. The molecule has 0 aromatic heterocycles. The van der Waals surface area contributed by atoms with E-state index in [4.69, 9.17) is 9.84 Å². The van der Waals surface area contributed by atoms with Gasteiger partial charge in [-0.25, -0.2) is 9.59 Å². The van der Waals surface area contributed by atoms with Crippen LogP contribution < -0.4 is 4.74 Å². The smallest absolute Gasteiger partial charge is 0.338 e. The van der Waals surface area contributed by atoms with E-state index < -0.39 is 11.9 Å². The Labute approximate surface area is 132 Å². The average molecular weight is 310 g/mol. The van der Waals surface area contributed by atoms with Gasteiger partial charge >= 0.3 is 11.9 Å². The molecule has 2 aromatic rings. The molecule has 0 saturated carbocycles. The highest BCUT2D eigenvalue weighted by molar-refractivity contribution is 5.89. The Balaban J connectivity index is 2.04. The summed E-state index contributed by atoms with van der Waals surface area (Å²) >= 11 is 0. The van der Waals surface area contributed by atoms with Gasteiger partial charge in [0, 0.05) is 5.57 Å². The third-order valence-electron chi connectivity index (χ3n) is 2.79. The van der Waals surface area contributed by atoms with Crippen molar-refractivity contribution in [1.29, 1.82) is 0 Å². The lowest BCUT2D eigenvalue weighted by atomic mass is 10.2. The molecule has 0 atom stereocenters. The summed E-state index contributed by atoms with van der Waals surface area (Å²) in [5, 5.41) is 16.8. The fraction of sp³-hybridized carbons (Fsp3) is 0.0588. The second-order valence-corrected chi connectivity index (χ2v) is 4.72. The maximum Gasteiger partial charge on any atom is 0.338 e. The molecule has 0 radical (unpaired) electrons. The third kappa shape index (κ3) is 4.60. The van der Waals surface area contributed by atoms with Crippen LogP contribution in [0.25, 0.3) is 0 Å². The van der Waals surface area contributed by atoms with E-state index in [2.05, 4.69) is 16.8 Å². The van der Waals surface area contributed by atoms with Crippen molar-refractivity contribution in [1.82, 2.24) is 0 Å². The average Bonchev–Trinajstić information content (AvgIpc) is 2.54. The zero-order chi connectivity index (χ0) is 16.8. The first kappa shape index (κ1) is 16.1. The van der Waals surface area contributed by atoms with E-state index in [0.29, 0.717) is 22.7 Å². The van der Waals surface area contributed by atoms with Crippen LogP contribution in [0.1, 0.15) is 17.3 Å². The van der Waals surface area contributed by atoms with Crippen molar-refractivity contribution in [2.75, 3.05) is 0 Å². The van der Waals surface area contributed by atoms with Gasteiger partial charge in [-0.2, -0.15) is 10.2 Å². The van der Waals surface area contributed by atoms with Crippen LogP contribution in [-0.2, 0) is 4.79 Å². The number of carboxylic acids is 1. The van der Waals surface area contributed by atoms with E-state index in [-0.39, 0.29) is 5.56 Å². The van der Waals surface area contributed by atoms with Gasteiger partial charge in [-0.3, -0.25) is 0 Å². The van der Waals surface area contributed by atoms with E-state index in [9.17, 15) is 9.59 Å². The summed E-state index contributed by atoms with van der Waals surface area (Å²) in [4.78, 5) is 22.1. The van der Waals surface area contributed by atoms with Gasteiger partial charge in [-0.15, -0.1) is 0 Å². The highest BCUT2D eigenvalue weighted by Crippen LogP contribution is 2.22. The predicted molar refractivity (Wildman–Crippen MR) is 84.5 cm³/mol. The summed E-state index contributed by atoms with van der Waals surface area (Å²) in [6, 6.07) is 12.5. The number of carboxylic acid groups (broad SMARTS) is 1. The van der Waals surface area contributed by atoms with Gasteiger partial charge in [0.05, 0.1) is 16.9 Å². The molecular weight excluding hydrogens is 296 g/mol. The second-order valence-electron chi connectivity index (χ2n) is 4.72. The SMILES string of the molecule is C=C(C)C(=O)Oc1ccc(N=Nc2ccc(C(=O)O)cc2)cc1. The molecule has 6 heteroatoms. The number of rotatable bonds is 5. The first-order valence-electron chi connectivity index (χ1n) is 6.68. The van der Waals surface area contributed by atoms with Crippen molar-refractivity contribution in [3.63, 3.8) is 0 Å². The van der Waals surface area contributed by atoms with Crippen LogP contribution in [0.2, 0.25) is 0 Å². The number of hydrogen-bond donors (Lipinski definition) is 1. The maximum absolute atomic E-state index is 11.4. The predicted octanol–water partition coefficient (Wildman–Crippen LogP) is 4.28. The molecule has 116 valence electrons. The maximum atomic E-state index is 11.4. The zero-order valence-electron chi connectivity index (χ0n) is 12.4. The van der Waals surface area contributed by atoms with Crippen molar-refractivity contribution < 1.29 is 19.4 Å². The Morgan fingerprint density at radius 1 is 0.957 bits per heavy atom. The molecule has 0 aliphatic heterocycles. The molecule has 0 aliphatic rings. The number of azo groups is 1. The Bertz CT molecular complexity index is 762. The highest BCUT2D eigenvalue weighted by atomic mass is 16.5. The van der Waals surface area contributed by atoms with Crippen LogP contribution in [0.5, 0.6) is 5.75 Å². The molecule has 1 N–H and O–H groups in total. The van der Waals surface area contributed by atoms with Crippen molar-refractivity contribution in [3.05, 3.63) is 66.2 Å². The van der Waals surface area contributed by atoms with E-state index in [1.54, 1.807) is 43.3 Å². The standard InChI is InChI=1S/C17H14N2O4/c1-11(2)17(22)23-15-9-7-14(8-10-15)19-18-13-5-3-12(4-6-13)16(20)21/h3-10H,1H2,2H3,(H,20,21). The van der Waals surface area contributed by atoms with E-state index in [0.717, 1.165) is 0 Å². The minimum Gasteiger partial charge on any atom is -0.478 e. The van der Waals surface area contributed by atoms with Gasteiger partial charge in [0.1, 0.15) is 5.75 Å². The van der Waals surface area contributed by atoms with E-state index in [1.807, 2.05) is 0 Å². The number of hydrogen-bond acceptors (Lipinski definition) is 5. The fourth-order valence-corrected chi connectivity index (χ4v) is 1.56. The molecule has 0 fully saturated rings. The van der Waals surface area contributed by atoms with Gasteiger partial charge in [0.25, 0.3) is 0 Å². The van der Waals surface area contributed by atoms with Crippen LogP contribution in [-0.4, -0.2) is 17.0 Å². The Hall–Kier alpha value is -3.28. The normalized spacial score (nSPS) is 10.5. The minimum atomic E-state index is -0.992. The molecule has 0 amide bonds. The third-order valence-corrected chi connectivity index (χ3v) is 2.79. The first-order chi connectivity index (χ1) is 11.0. The molecule has 2 rings (SSSR count). The molecule has 0 heterocycles. The lowest BCUT2D eigenvalue weighted by molar-refractivity contribution is -0.130. The van der Waals surface area contributed by atoms with Gasteiger partial charge in [-0.1, -0.05) is 6.58 Å². The lowest BCUT2D eigenvalue weighted by Crippen LogP contribution is -2.07. The van der Waals surface area contributed by atoms with Gasteiger partial charge in [-0.05, 0) is 55.5 Å². The van der Waals surface area contributed by atoms with Crippen LogP contribution in [0.4, 0.5) is 11.4 Å². The summed E-state index contributed by atoms with van der Waals surface area (Å²) in [6.45, 7) is 5.07. The monoisotopic (exact) mass is 310 g/mol. The van der Waals surface area contributed by atoms with Crippen molar-refractivity contribution >= 4 is 23.3 Å². The van der Waals surface area contributed by atoms with Crippen LogP contribution in [0, 0.1) is 0 Å². The van der Waals surface area contributed by atoms with Crippen LogP contribution in [0.15, 0.2) is 70.9 Å². The largest absolute Gasteiger partial charge is 0.478 e. The molecule has 6 nitrogen and oxygen atoms in total. The van der Waals surface area contributed by atoms with Crippen LogP contribution >= 0.6 is 0 Å². The van der Waals surface area contributed by atoms with Crippen molar-refractivity contribution in [2.24, 2.45) is 10.2 Å². The lowest BCUT2D eigenvalue weighted by Gasteiger charge is -2.03. The van der Waals surface area contributed by atoms with Crippen molar-refractivity contribution in [3.8, 4) is 5.75 Å². The molecule has 0 unspecified atom stereocenters. The summed E-state index contributed by atoms with van der Waals surface area (Å²) in [6.07, 6.45) is 0. The molecular formula is C17H14N2O4. The molecule has 0 spiro atoms. The number of benzene rings is 2. The summed E-state index contributed by atoms with van der Waals surface area (Å²) < 4.78 is 5.06. The van der Waals surface area contributed by atoms with Gasteiger partial charge in [0.15, 0.2) is 0 Å². The zero-order valence-corrected chi connectivity index (χ0v) is 12.4. The summed E-state index contributed by atoms with van der Waals surface area (Å²) in [7, 11) is 0. The highest BCUT2D eigenvalue weighted by Gasteiger charge is 2.05. The van der Waals surface area contributed by atoms with Gasteiger partial charge < -0.3 is 9.84 Å². The number of nitrogens with zero attached hydrogens (tertiary/aromatic N) is 2. The Kier molecular flexibility index (Phi) is 4.99. The summed E-state index contributed by atoms with van der Waals surface area (Å²) in [5.41, 5.74) is 1.61. The van der Waals surface area contributed by atoms with E-state index in [1.165, 1.54) is 12.1 Å². The minimum absolute atomic E-state index is 0.188. The molecule has 2 aromatic carbocycles. The number of esters is 1. The van der Waals surface area contributed by atoms with Crippen LogP contribution in [0.3, 0.4) is 0 Å². The number of carbonyl (C=O) groups excluding carboxylic acids is 1. The second kappa shape index (κ2) is 7.13. The topological polar surface area (TPSA) is 88.3 Å². The van der Waals surface area contributed by atoms with Crippen molar-refractivity contribution in [2.45, 2.75) is 6.92 Å². The van der Waals surface area contributed by atoms with E-state index >= 15 is 0 Å². The molecule has 23 heavy (non-hydrogen) atoms. The fourth-order valence-electron chi connectivity index (χ4n) is 1.56. The molecule has 0 bridgehead atoms. The Morgan fingerprint density at radius 2 is 1.43 bits per heavy atom. The van der Waals surface area contributed by atoms with Gasteiger partial charge in [0.2, 0.25) is 0 Å². The number of aromatic carboxylic acids is 1. The Morgan fingerprint density at radius 3 is 1.87 bits per heavy atom. The molecule has 0 saturated heterocycles. The summed E-state index contributed by atoms with van der Waals surface area (Å²) in [5.74, 6) is -1.09. The first-order valence-corrected chi connectivity index (χ1v) is 6.68. The molecule has 0 aliphatic carbocycles.